The maximum atomic E-state index is 10.9. The number of rotatable bonds is 10. The molecular formula is C24H55N3O2. The van der Waals surface area contributed by atoms with Crippen molar-refractivity contribution in [3.8, 4) is 0 Å². The molecule has 0 saturated carbocycles. The fraction of sp³-hybridized carbons (Fsp3) is 0.958. The molecule has 0 aliphatic rings. The predicted octanol–water partition coefficient (Wildman–Crippen LogP) is 4.71. The van der Waals surface area contributed by atoms with Gasteiger partial charge in [0.15, 0.2) is 0 Å². The van der Waals surface area contributed by atoms with Gasteiger partial charge in [0, 0.05) is 19.5 Å². The molecule has 1 atom stereocenters. The molecule has 0 aromatic carbocycles. The molecule has 0 saturated heterocycles. The second kappa shape index (κ2) is 18.1. The lowest BCUT2D eigenvalue weighted by atomic mass is 9.71. The largest absolute Gasteiger partial charge is 0.393 e. The molecule has 5 nitrogen and oxygen atoms in total. The number of aliphatic hydroxyl groups excluding tert-OH is 1. The van der Waals surface area contributed by atoms with Crippen molar-refractivity contribution in [2.45, 2.75) is 107 Å². The van der Waals surface area contributed by atoms with Crippen molar-refractivity contribution >= 4 is 5.91 Å². The van der Waals surface area contributed by atoms with E-state index in [1.54, 1.807) is 0 Å². The number of carbonyl (C=O) groups excluding carboxylic acids is 1. The SMILES string of the molecule is CC(C)CC(O)C(C)(C)CC(C)(C)C.CC(C)CCC(=O)NCCN.CCCN. The Hall–Kier alpha value is -0.650. The third-order valence-electron chi connectivity index (χ3n) is 4.29. The van der Waals surface area contributed by atoms with Crippen molar-refractivity contribution in [3.63, 3.8) is 0 Å². The monoisotopic (exact) mass is 417 g/mol. The summed E-state index contributed by atoms with van der Waals surface area (Å²) in [6, 6.07) is 0. The van der Waals surface area contributed by atoms with Gasteiger partial charge < -0.3 is 21.9 Å². The lowest BCUT2D eigenvalue weighted by Crippen LogP contribution is -2.34. The molecule has 0 radical (unpaired) electrons. The van der Waals surface area contributed by atoms with Crippen molar-refractivity contribution in [2.75, 3.05) is 19.6 Å². The van der Waals surface area contributed by atoms with Gasteiger partial charge in [0.2, 0.25) is 5.91 Å². The van der Waals surface area contributed by atoms with E-state index < -0.39 is 0 Å². The van der Waals surface area contributed by atoms with Crippen molar-refractivity contribution in [3.05, 3.63) is 0 Å². The van der Waals surface area contributed by atoms with Gasteiger partial charge in [-0.15, -0.1) is 0 Å². The van der Waals surface area contributed by atoms with Gasteiger partial charge in [-0.3, -0.25) is 4.79 Å². The number of amides is 1. The van der Waals surface area contributed by atoms with Gasteiger partial charge in [-0.05, 0) is 54.9 Å². The van der Waals surface area contributed by atoms with Crippen molar-refractivity contribution in [1.29, 1.82) is 0 Å². The molecular weight excluding hydrogens is 362 g/mol. The van der Waals surface area contributed by atoms with E-state index in [4.69, 9.17) is 11.5 Å². The minimum atomic E-state index is -0.179. The Bertz CT molecular complexity index is 373. The first-order chi connectivity index (χ1) is 13.1. The summed E-state index contributed by atoms with van der Waals surface area (Å²) in [5.74, 6) is 1.28. The zero-order valence-corrected chi connectivity index (χ0v) is 21.4. The number of nitrogens with two attached hydrogens (primary N) is 2. The minimum absolute atomic E-state index is 0.0303. The van der Waals surface area contributed by atoms with Crippen LogP contribution in [0.2, 0.25) is 0 Å². The highest BCUT2D eigenvalue weighted by molar-refractivity contribution is 5.75. The van der Waals surface area contributed by atoms with Gasteiger partial charge >= 0.3 is 0 Å². The Balaban J connectivity index is -0.000000401. The van der Waals surface area contributed by atoms with Crippen LogP contribution < -0.4 is 16.8 Å². The van der Waals surface area contributed by atoms with E-state index in [0.29, 0.717) is 36.8 Å². The average molecular weight is 418 g/mol. The highest BCUT2D eigenvalue weighted by Crippen LogP contribution is 2.37. The molecule has 0 fully saturated rings. The molecule has 0 spiro atoms. The van der Waals surface area contributed by atoms with Crippen LogP contribution in [-0.4, -0.2) is 36.8 Å². The van der Waals surface area contributed by atoms with E-state index in [1.807, 2.05) is 0 Å². The quantitative estimate of drug-likeness (QED) is 0.413. The van der Waals surface area contributed by atoms with Crippen molar-refractivity contribution in [2.24, 2.45) is 34.1 Å². The number of hydrogen-bond donors (Lipinski definition) is 4. The van der Waals surface area contributed by atoms with E-state index in [9.17, 15) is 9.90 Å². The molecule has 0 aromatic rings. The lowest BCUT2D eigenvalue weighted by Gasteiger charge is -2.37. The van der Waals surface area contributed by atoms with Crippen molar-refractivity contribution < 1.29 is 9.90 Å². The number of hydrogen-bond acceptors (Lipinski definition) is 4. The van der Waals surface area contributed by atoms with E-state index in [1.165, 1.54) is 0 Å². The van der Waals surface area contributed by atoms with Crippen LogP contribution in [0.15, 0.2) is 0 Å². The van der Waals surface area contributed by atoms with E-state index in [0.717, 1.165) is 32.2 Å². The molecule has 29 heavy (non-hydrogen) atoms. The van der Waals surface area contributed by atoms with Crippen LogP contribution in [0.3, 0.4) is 0 Å². The summed E-state index contributed by atoms with van der Waals surface area (Å²) in [5, 5.41) is 12.8. The maximum absolute atomic E-state index is 10.9. The van der Waals surface area contributed by atoms with Crippen LogP contribution in [0.1, 0.15) is 101 Å². The van der Waals surface area contributed by atoms with Crippen LogP contribution >= 0.6 is 0 Å². The van der Waals surface area contributed by atoms with Crippen LogP contribution in [0.4, 0.5) is 0 Å². The molecule has 0 aromatic heterocycles. The first-order valence-corrected chi connectivity index (χ1v) is 11.5. The Morgan fingerprint density at radius 1 is 0.966 bits per heavy atom. The predicted molar refractivity (Wildman–Crippen MR) is 129 cm³/mol. The standard InChI is InChI=1S/C13H28O.C8H18N2O.C3H9N/c1-10(2)8-11(14)13(6,7)9-12(3,4)5;1-7(2)3-4-8(11)10-6-5-9;1-2-3-4/h10-11,14H,8-9H2,1-7H3;7H,3-6,9H2,1-2H3,(H,10,11);2-4H2,1H3. The van der Waals surface area contributed by atoms with Crippen LogP contribution in [0.5, 0.6) is 0 Å². The summed E-state index contributed by atoms with van der Waals surface area (Å²) >= 11 is 0. The van der Waals surface area contributed by atoms with Gasteiger partial charge in [0.25, 0.3) is 0 Å². The normalized spacial score (nSPS) is 12.7. The topological polar surface area (TPSA) is 101 Å². The molecule has 0 aliphatic carbocycles. The number of nitrogens with one attached hydrogen (secondary N) is 1. The number of aliphatic hydroxyl groups is 1. The summed E-state index contributed by atoms with van der Waals surface area (Å²) in [4.78, 5) is 10.9. The third-order valence-corrected chi connectivity index (χ3v) is 4.29. The Morgan fingerprint density at radius 2 is 1.45 bits per heavy atom. The molecule has 0 heterocycles. The minimum Gasteiger partial charge on any atom is -0.393 e. The van der Waals surface area contributed by atoms with Gasteiger partial charge in [0.1, 0.15) is 0 Å². The summed E-state index contributed by atoms with van der Waals surface area (Å²) in [7, 11) is 0. The zero-order chi connectivity index (χ0) is 23.7. The molecule has 0 bridgehead atoms. The molecule has 1 unspecified atom stereocenters. The molecule has 178 valence electrons. The average Bonchev–Trinajstić information content (AvgIpc) is 2.56. The number of carbonyl (C=O) groups is 1. The van der Waals surface area contributed by atoms with Gasteiger partial charge in [-0.2, -0.15) is 0 Å². The second-order valence-corrected chi connectivity index (χ2v) is 10.7. The molecule has 1 amide bonds. The van der Waals surface area contributed by atoms with E-state index >= 15 is 0 Å². The highest BCUT2D eigenvalue weighted by atomic mass is 16.3. The zero-order valence-electron chi connectivity index (χ0n) is 21.4. The molecule has 6 N–H and O–H groups in total. The van der Waals surface area contributed by atoms with E-state index in [2.05, 4.69) is 74.6 Å². The van der Waals surface area contributed by atoms with Gasteiger partial charge in [-0.25, -0.2) is 0 Å². The van der Waals surface area contributed by atoms with Crippen LogP contribution in [0.25, 0.3) is 0 Å². The molecule has 0 aliphatic heterocycles. The van der Waals surface area contributed by atoms with Crippen LogP contribution in [-0.2, 0) is 4.79 Å². The van der Waals surface area contributed by atoms with Crippen LogP contribution in [0, 0.1) is 22.7 Å². The van der Waals surface area contributed by atoms with Gasteiger partial charge in [-0.1, -0.05) is 69.2 Å². The highest BCUT2D eigenvalue weighted by Gasteiger charge is 2.32. The third kappa shape index (κ3) is 27.4. The Labute approximate surface area is 182 Å². The summed E-state index contributed by atoms with van der Waals surface area (Å²) < 4.78 is 0. The Kier molecular flexibility index (Phi) is 20.6. The first-order valence-electron chi connectivity index (χ1n) is 11.5. The second-order valence-electron chi connectivity index (χ2n) is 10.7. The fourth-order valence-electron chi connectivity index (χ4n) is 2.97. The molecule has 5 heteroatoms. The van der Waals surface area contributed by atoms with E-state index in [-0.39, 0.29) is 17.4 Å². The smallest absolute Gasteiger partial charge is 0.220 e. The Morgan fingerprint density at radius 3 is 1.76 bits per heavy atom. The maximum Gasteiger partial charge on any atom is 0.220 e. The fourth-order valence-corrected chi connectivity index (χ4v) is 2.97. The summed E-state index contributed by atoms with van der Waals surface area (Å²) in [5.41, 5.74) is 10.6. The summed E-state index contributed by atoms with van der Waals surface area (Å²) in [6.07, 6.45) is 4.46. The van der Waals surface area contributed by atoms with Gasteiger partial charge in [0.05, 0.1) is 6.10 Å². The van der Waals surface area contributed by atoms with Crippen molar-refractivity contribution in [1.82, 2.24) is 5.32 Å². The lowest BCUT2D eigenvalue weighted by molar-refractivity contribution is -0.121. The first kappa shape index (κ1) is 33.0. The summed E-state index contributed by atoms with van der Waals surface area (Å²) in [6.45, 7) is 23.6. The molecule has 0 rings (SSSR count).